The predicted molar refractivity (Wildman–Crippen MR) is 71.2 cm³/mol. The molecule has 102 valence electrons. The number of nitrogens with zero attached hydrogens (tertiary/aromatic N) is 1. The molecule has 17 heavy (non-hydrogen) atoms. The molecule has 1 atom stereocenters. The minimum atomic E-state index is 0.134. The first-order chi connectivity index (χ1) is 8.24. The molecule has 1 aliphatic heterocycles. The van der Waals surface area contributed by atoms with E-state index in [1.807, 2.05) is 0 Å². The number of ether oxygens (including phenoxy) is 1. The van der Waals surface area contributed by atoms with Crippen LogP contribution >= 0.6 is 0 Å². The summed E-state index contributed by atoms with van der Waals surface area (Å²) in [6.45, 7) is 8.24. The Labute approximate surface area is 106 Å². The maximum Gasteiger partial charge on any atom is 0.0698 e. The summed E-state index contributed by atoms with van der Waals surface area (Å²) >= 11 is 0. The molecule has 1 N–H and O–H groups in total. The summed E-state index contributed by atoms with van der Waals surface area (Å²) in [7, 11) is 0. The molecule has 0 saturated carbocycles. The monoisotopic (exact) mass is 243 g/mol. The van der Waals surface area contributed by atoms with E-state index in [2.05, 4.69) is 18.7 Å². The zero-order valence-electron chi connectivity index (χ0n) is 11.5. The van der Waals surface area contributed by atoms with E-state index in [1.165, 1.54) is 38.6 Å². The van der Waals surface area contributed by atoms with Crippen LogP contribution in [0.1, 0.15) is 46.0 Å². The van der Waals surface area contributed by atoms with Gasteiger partial charge in [-0.3, -0.25) is 4.90 Å². The molecule has 0 amide bonds. The van der Waals surface area contributed by atoms with Crippen LogP contribution in [0, 0.1) is 5.92 Å². The highest BCUT2D eigenvalue weighted by molar-refractivity contribution is 4.76. The molecule has 3 heteroatoms. The lowest BCUT2D eigenvalue weighted by atomic mass is 9.99. The maximum absolute atomic E-state index is 8.68. The van der Waals surface area contributed by atoms with E-state index in [0.29, 0.717) is 6.61 Å². The highest BCUT2D eigenvalue weighted by Crippen LogP contribution is 2.21. The Balaban J connectivity index is 2.33. The van der Waals surface area contributed by atoms with Crippen molar-refractivity contribution in [3.05, 3.63) is 0 Å². The summed E-state index contributed by atoms with van der Waals surface area (Å²) in [5.41, 5.74) is 0. The minimum absolute atomic E-state index is 0.134. The zero-order valence-corrected chi connectivity index (χ0v) is 11.5. The molecule has 0 aromatic heterocycles. The molecule has 3 nitrogen and oxygen atoms in total. The van der Waals surface area contributed by atoms with Gasteiger partial charge in [0, 0.05) is 12.6 Å². The SMILES string of the molecule is CC(C)CC1CCCCCN1CCOCCO. The molecule has 1 aliphatic rings. The number of aliphatic hydroxyl groups excluding tert-OH is 1. The molecular formula is C14H29NO2. The Morgan fingerprint density at radius 2 is 2.06 bits per heavy atom. The number of rotatable bonds is 7. The number of aliphatic hydroxyl groups is 1. The first kappa shape index (κ1) is 14.9. The Morgan fingerprint density at radius 3 is 2.76 bits per heavy atom. The van der Waals surface area contributed by atoms with Crippen LogP contribution in [-0.2, 0) is 4.74 Å². The van der Waals surface area contributed by atoms with Crippen LogP contribution in [-0.4, -0.2) is 49.0 Å². The van der Waals surface area contributed by atoms with Gasteiger partial charge in [0.1, 0.15) is 0 Å². The molecule has 0 spiro atoms. The van der Waals surface area contributed by atoms with Crippen molar-refractivity contribution in [3.8, 4) is 0 Å². The van der Waals surface area contributed by atoms with Gasteiger partial charge in [-0.2, -0.15) is 0 Å². The molecule has 1 heterocycles. The summed E-state index contributed by atoms with van der Waals surface area (Å²) in [4.78, 5) is 2.60. The van der Waals surface area contributed by atoms with Gasteiger partial charge < -0.3 is 9.84 Å². The third kappa shape index (κ3) is 6.39. The molecule has 1 unspecified atom stereocenters. The van der Waals surface area contributed by atoms with E-state index in [1.54, 1.807) is 0 Å². The Bertz CT molecular complexity index is 185. The van der Waals surface area contributed by atoms with Gasteiger partial charge in [-0.25, -0.2) is 0 Å². The van der Waals surface area contributed by atoms with Crippen LogP contribution in [0.5, 0.6) is 0 Å². The summed E-state index contributed by atoms with van der Waals surface area (Å²) < 4.78 is 5.39. The van der Waals surface area contributed by atoms with Crippen LogP contribution in [0.25, 0.3) is 0 Å². The Morgan fingerprint density at radius 1 is 1.24 bits per heavy atom. The third-order valence-corrected chi connectivity index (χ3v) is 3.50. The number of hydrogen-bond acceptors (Lipinski definition) is 3. The standard InChI is InChI=1S/C14H29NO2/c1-13(2)12-14-6-4-3-5-7-15(14)8-10-17-11-9-16/h13-14,16H,3-12H2,1-2H3. The van der Waals surface area contributed by atoms with E-state index in [-0.39, 0.29) is 6.61 Å². The zero-order chi connectivity index (χ0) is 12.5. The molecule has 1 rings (SSSR count). The van der Waals surface area contributed by atoms with Crippen LogP contribution in [0.4, 0.5) is 0 Å². The van der Waals surface area contributed by atoms with Gasteiger partial charge in [0.2, 0.25) is 0 Å². The second-order valence-electron chi connectivity index (χ2n) is 5.50. The second kappa shape index (κ2) is 8.90. The fourth-order valence-electron chi connectivity index (χ4n) is 2.69. The average Bonchev–Trinajstić information content (AvgIpc) is 2.50. The maximum atomic E-state index is 8.68. The van der Waals surface area contributed by atoms with Gasteiger partial charge in [-0.15, -0.1) is 0 Å². The third-order valence-electron chi connectivity index (χ3n) is 3.50. The Kier molecular flexibility index (Phi) is 7.82. The second-order valence-corrected chi connectivity index (χ2v) is 5.50. The fourth-order valence-corrected chi connectivity index (χ4v) is 2.69. The van der Waals surface area contributed by atoms with Crippen molar-refractivity contribution in [2.75, 3.05) is 32.9 Å². The molecule has 1 fully saturated rings. The number of likely N-dealkylation sites (tertiary alicyclic amines) is 1. The Hall–Kier alpha value is -0.120. The fraction of sp³-hybridized carbons (Fsp3) is 1.00. The van der Waals surface area contributed by atoms with Gasteiger partial charge in [0.05, 0.1) is 19.8 Å². The molecule has 1 saturated heterocycles. The van der Waals surface area contributed by atoms with Crippen LogP contribution < -0.4 is 0 Å². The van der Waals surface area contributed by atoms with Gasteiger partial charge in [0.15, 0.2) is 0 Å². The van der Waals surface area contributed by atoms with Gasteiger partial charge in [-0.05, 0) is 31.7 Å². The highest BCUT2D eigenvalue weighted by Gasteiger charge is 2.21. The smallest absolute Gasteiger partial charge is 0.0698 e. The lowest BCUT2D eigenvalue weighted by Gasteiger charge is -2.31. The van der Waals surface area contributed by atoms with Gasteiger partial charge in [0.25, 0.3) is 0 Å². The van der Waals surface area contributed by atoms with Gasteiger partial charge >= 0.3 is 0 Å². The van der Waals surface area contributed by atoms with E-state index in [4.69, 9.17) is 9.84 Å². The quantitative estimate of drug-likeness (QED) is 0.696. The van der Waals surface area contributed by atoms with Crippen molar-refractivity contribution in [2.45, 2.75) is 52.0 Å². The van der Waals surface area contributed by atoms with E-state index >= 15 is 0 Å². The summed E-state index contributed by atoms with van der Waals surface area (Å²) in [5.74, 6) is 0.777. The van der Waals surface area contributed by atoms with Crippen LogP contribution in [0.2, 0.25) is 0 Å². The molecule has 0 bridgehead atoms. The van der Waals surface area contributed by atoms with Crippen molar-refractivity contribution < 1.29 is 9.84 Å². The summed E-state index contributed by atoms with van der Waals surface area (Å²) in [6.07, 6.45) is 6.74. The molecular weight excluding hydrogens is 214 g/mol. The van der Waals surface area contributed by atoms with Gasteiger partial charge in [-0.1, -0.05) is 26.7 Å². The van der Waals surface area contributed by atoms with Crippen molar-refractivity contribution in [3.63, 3.8) is 0 Å². The lowest BCUT2D eigenvalue weighted by Crippen LogP contribution is -2.38. The first-order valence-corrected chi connectivity index (χ1v) is 7.16. The highest BCUT2D eigenvalue weighted by atomic mass is 16.5. The summed E-state index contributed by atoms with van der Waals surface area (Å²) in [5, 5.41) is 8.68. The van der Waals surface area contributed by atoms with E-state index in [9.17, 15) is 0 Å². The summed E-state index contributed by atoms with van der Waals surface area (Å²) in [6, 6.07) is 0.746. The molecule has 0 radical (unpaired) electrons. The topological polar surface area (TPSA) is 32.7 Å². The average molecular weight is 243 g/mol. The van der Waals surface area contributed by atoms with Crippen LogP contribution in [0.3, 0.4) is 0 Å². The minimum Gasteiger partial charge on any atom is -0.394 e. The lowest BCUT2D eigenvalue weighted by molar-refractivity contribution is 0.0605. The van der Waals surface area contributed by atoms with E-state index < -0.39 is 0 Å². The van der Waals surface area contributed by atoms with Crippen molar-refractivity contribution in [1.29, 1.82) is 0 Å². The molecule has 0 aromatic carbocycles. The number of hydrogen-bond donors (Lipinski definition) is 1. The van der Waals surface area contributed by atoms with Crippen LogP contribution in [0.15, 0.2) is 0 Å². The first-order valence-electron chi connectivity index (χ1n) is 7.16. The normalized spacial score (nSPS) is 22.9. The van der Waals surface area contributed by atoms with Crippen molar-refractivity contribution in [1.82, 2.24) is 4.90 Å². The predicted octanol–water partition coefficient (Wildman–Crippen LogP) is 2.29. The van der Waals surface area contributed by atoms with E-state index in [0.717, 1.165) is 25.1 Å². The van der Waals surface area contributed by atoms with Crippen molar-refractivity contribution >= 4 is 0 Å². The largest absolute Gasteiger partial charge is 0.394 e. The molecule has 0 aromatic rings. The molecule has 0 aliphatic carbocycles. The van der Waals surface area contributed by atoms with Crippen molar-refractivity contribution in [2.24, 2.45) is 5.92 Å².